The fourth-order valence-corrected chi connectivity index (χ4v) is 1.38. The molecule has 1 rings (SSSR count). The summed E-state index contributed by atoms with van der Waals surface area (Å²) in [6.07, 6.45) is -2.58. The molecule has 3 nitrogen and oxygen atoms in total. The molecule has 0 unspecified atom stereocenters. The lowest BCUT2D eigenvalue weighted by Gasteiger charge is -2.10. The second-order valence-electron chi connectivity index (χ2n) is 3.06. The predicted molar refractivity (Wildman–Crippen MR) is 57.3 cm³/mol. The van der Waals surface area contributed by atoms with Crippen LogP contribution in [-0.2, 0) is 6.54 Å². The molecular formula is C9H10F2N2OS. The summed E-state index contributed by atoms with van der Waals surface area (Å²) in [4.78, 5) is 11.5. The van der Waals surface area contributed by atoms with Crippen LogP contribution in [0.5, 0.6) is 0 Å². The third-order valence-electron chi connectivity index (χ3n) is 1.98. The molecule has 0 radical (unpaired) electrons. The van der Waals surface area contributed by atoms with Crippen LogP contribution < -0.4 is 11.3 Å². The lowest BCUT2D eigenvalue weighted by molar-refractivity contribution is 0.124. The number of halogens is 2. The van der Waals surface area contributed by atoms with E-state index in [0.29, 0.717) is 5.69 Å². The maximum atomic E-state index is 12.2. The Morgan fingerprint density at radius 2 is 2.20 bits per heavy atom. The Bertz CT molecular complexity index is 442. The lowest BCUT2D eigenvalue weighted by Crippen LogP contribution is -2.31. The van der Waals surface area contributed by atoms with Crippen molar-refractivity contribution >= 4 is 17.2 Å². The summed E-state index contributed by atoms with van der Waals surface area (Å²) < 4.78 is 25.4. The zero-order valence-electron chi connectivity index (χ0n) is 8.04. The SMILES string of the molecule is Cc1ccc(C(N)=S)c(=O)n1CC(F)F. The number of nitrogens with zero attached hydrogens (tertiary/aromatic N) is 1. The van der Waals surface area contributed by atoms with Crippen LogP contribution in [0.3, 0.4) is 0 Å². The Morgan fingerprint density at radius 3 is 2.67 bits per heavy atom. The van der Waals surface area contributed by atoms with Crippen LogP contribution in [0.1, 0.15) is 11.3 Å². The average molecular weight is 232 g/mol. The summed E-state index contributed by atoms with van der Waals surface area (Å²) in [5.74, 6) is 0. The number of nitrogens with two attached hydrogens (primary N) is 1. The van der Waals surface area contributed by atoms with Gasteiger partial charge in [-0.05, 0) is 19.1 Å². The van der Waals surface area contributed by atoms with Gasteiger partial charge in [-0.2, -0.15) is 0 Å². The first-order chi connectivity index (χ1) is 6.93. The number of alkyl halides is 2. The maximum Gasteiger partial charge on any atom is 0.261 e. The molecule has 0 saturated carbocycles. The molecule has 0 amide bonds. The summed E-state index contributed by atoms with van der Waals surface area (Å²) in [6, 6.07) is 2.99. The highest BCUT2D eigenvalue weighted by Crippen LogP contribution is 2.02. The highest BCUT2D eigenvalue weighted by Gasteiger charge is 2.12. The van der Waals surface area contributed by atoms with Crippen LogP contribution in [-0.4, -0.2) is 16.0 Å². The van der Waals surface area contributed by atoms with Gasteiger partial charge < -0.3 is 10.3 Å². The van der Waals surface area contributed by atoms with E-state index in [1.54, 1.807) is 6.92 Å². The van der Waals surface area contributed by atoms with E-state index in [2.05, 4.69) is 12.2 Å². The third-order valence-corrected chi connectivity index (χ3v) is 2.20. The second-order valence-corrected chi connectivity index (χ2v) is 3.50. The fraction of sp³-hybridized carbons (Fsp3) is 0.333. The topological polar surface area (TPSA) is 48.0 Å². The molecule has 1 heterocycles. The number of aromatic nitrogens is 1. The summed E-state index contributed by atoms with van der Waals surface area (Å²) in [7, 11) is 0. The van der Waals surface area contributed by atoms with E-state index in [0.717, 1.165) is 4.57 Å². The van der Waals surface area contributed by atoms with Gasteiger partial charge in [0.2, 0.25) is 0 Å². The summed E-state index contributed by atoms with van der Waals surface area (Å²) >= 11 is 4.64. The van der Waals surface area contributed by atoms with Gasteiger partial charge in [0.15, 0.2) is 0 Å². The van der Waals surface area contributed by atoms with Crippen molar-refractivity contribution in [2.45, 2.75) is 19.9 Å². The van der Waals surface area contributed by atoms with Crippen molar-refractivity contribution in [3.63, 3.8) is 0 Å². The Hall–Kier alpha value is -1.30. The Kier molecular flexibility index (Phi) is 3.52. The molecule has 0 aromatic carbocycles. The summed E-state index contributed by atoms with van der Waals surface area (Å²) in [5, 5.41) is 0. The van der Waals surface area contributed by atoms with Crippen molar-refractivity contribution < 1.29 is 8.78 Å². The molecule has 0 atom stereocenters. The first-order valence-electron chi connectivity index (χ1n) is 4.22. The van der Waals surface area contributed by atoms with Crippen molar-refractivity contribution in [1.82, 2.24) is 4.57 Å². The highest BCUT2D eigenvalue weighted by molar-refractivity contribution is 7.80. The minimum atomic E-state index is -2.58. The number of hydrogen-bond donors (Lipinski definition) is 1. The van der Waals surface area contributed by atoms with Crippen molar-refractivity contribution in [2.75, 3.05) is 0 Å². The molecule has 0 spiro atoms. The van der Waals surface area contributed by atoms with Crippen LogP contribution in [0.25, 0.3) is 0 Å². The number of thiocarbonyl (C=S) groups is 1. The first-order valence-corrected chi connectivity index (χ1v) is 4.62. The van der Waals surface area contributed by atoms with Gasteiger partial charge in [0.1, 0.15) is 4.99 Å². The standard InChI is InChI=1S/C9H10F2N2OS/c1-5-2-3-6(8(12)15)9(14)13(5)4-7(10)11/h2-3,7H,4H2,1H3,(H2,12,15). The van der Waals surface area contributed by atoms with E-state index in [1.165, 1.54) is 12.1 Å². The largest absolute Gasteiger partial charge is 0.389 e. The van der Waals surface area contributed by atoms with Gasteiger partial charge in [-0.25, -0.2) is 8.78 Å². The van der Waals surface area contributed by atoms with Gasteiger partial charge in [0.05, 0.1) is 12.1 Å². The number of pyridine rings is 1. The second kappa shape index (κ2) is 4.48. The molecule has 6 heteroatoms. The minimum absolute atomic E-state index is 0.0805. The molecule has 0 aliphatic rings. The molecular weight excluding hydrogens is 222 g/mol. The summed E-state index contributed by atoms with van der Waals surface area (Å²) in [6.45, 7) is 0.939. The number of hydrogen-bond acceptors (Lipinski definition) is 2. The zero-order valence-corrected chi connectivity index (χ0v) is 8.85. The Balaban J connectivity index is 3.31. The van der Waals surface area contributed by atoms with E-state index in [-0.39, 0.29) is 10.6 Å². The van der Waals surface area contributed by atoms with Crippen LogP contribution >= 0.6 is 12.2 Å². The monoisotopic (exact) mass is 232 g/mol. The van der Waals surface area contributed by atoms with E-state index >= 15 is 0 Å². The van der Waals surface area contributed by atoms with Crippen molar-refractivity contribution in [2.24, 2.45) is 5.73 Å². The van der Waals surface area contributed by atoms with Crippen LogP contribution in [0.4, 0.5) is 8.78 Å². The molecule has 0 fully saturated rings. The van der Waals surface area contributed by atoms with Crippen molar-refractivity contribution in [3.8, 4) is 0 Å². The number of rotatable bonds is 3. The molecule has 1 aromatic rings. The molecule has 0 saturated heterocycles. The quantitative estimate of drug-likeness (QED) is 0.793. The van der Waals surface area contributed by atoms with E-state index < -0.39 is 18.5 Å². The van der Waals surface area contributed by atoms with Crippen LogP contribution in [0.2, 0.25) is 0 Å². The third kappa shape index (κ3) is 2.59. The average Bonchev–Trinajstić information content (AvgIpc) is 2.11. The zero-order chi connectivity index (χ0) is 11.6. The minimum Gasteiger partial charge on any atom is -0.389 e. The lowest BCUT2D eigenvalue weighted by atomic mass is 10.2. The normalized spacial score (nSPS) is 10.7. The number of aryl methyl sites for hydroxylation is 1. The van der Waals surface area contributed by atoms with Gasteiger partial charge in [0, 0.05) is 5.69 Å². The highest BCUT2D eigenvalue weighted by atomic mass is 32.1. The predicted octanol–water partition coefficient (Wildman–Crippen LogP) is 1.06. The fourth-order valence-electron chi connectivity index (χ4n) is 1.22. The molecule has 0 bridgehead atoms. The van der Waals surface area contributed by atoms with Gasteiger partial charge in [-0.1, -0.05) is 12.2 Å². The van der Waals surface area contributed by atoms with E-state index in [4.69, 9.17) is 5.73 Å². The Labute approximate surface area is 90.5 Å². The van der Waals surface area contributed by atoms with Crippen LogP contribution in [0.15, 0.2) is 16.9 Å². The van der Waals surface area contributed by atoms with Crippen LogP contribution in [0, 0.1) is 6.92 Å². The Morgan fingerprint density at radius 1 is 1.60 bits per heavy atom. The van der Waals surface area contributed by atoms with Crippen molar-refractivity contribution in [1.29, 1.82) is 0 Å². The smallest absolute Gasteiger partial charge is 0.261 e. The van der Waals surface area contributed by atoms with E-state index in [1.807, 2.05) is 0 Å². The molecule has 0 aliphatic heterocycles. The van der Waals surface area contributed by atoms with Gasteiger partial charge >= 0.3 is 0 Å². The molecule has 15 heavy (non-hydrogen) atoms. The molecule has 2 N–H and O–H groups in total. The van der Waals surface area contributed by atoms with Gasteiger partial charge in [0.25, 0.3) is 12.0 Å². The van der Waals surface area contributed by atoms with Crippen molar-refractivity contribution in [3.05, 3.63) is 33.7 Å². The molecule has 82 valence electrons. The van der Waals surface area contributed by atoms with E-state index in [9.17, 15) is 13.6 Å². The molecule has 0 aliphatic carbocycles. The maximum absolute atomic E-state index is 12.2. The molecule has 1 aromatic heterocycles. The van der Waals surface area contributed by atoms with Gasteiger partial charge in [-0.3, -0.25) is 4.79 Å². The van der Waals surface area contributed by atoms with Gasteiger partial charge in [-0.15, -0.1) is 0 Å². The summed E-state index contributed by atoms with van der Waals surface area (Å²) in [5.41, 5.74) is 5.28. The first kappa shape index (κ1) is 11.8.